The lowest BCUT2D eigenvalue weighted by molar-refractivity contribution is -0.0749. The van der Waals surface area contributed by atoms with Crippen molar-refractivity contribution in [2.75, 3.05) is 44.2 Å². The Morgan fingerprint density at radius 1 is 1.16 bits per heavy atom. The number of nitrogens with one attached hydrogen (secondary N) is 2. The Balaban J connectivity index is 1.10. The van der Waals surface area contributed by atoms with Crippen LogP contribution in [0.5, 0.6) is 0 Å². The molecule has 37 heavy (non-hydrogen) atoms. The van der Waals surface area contributed by atoms with Crippen LogP contribution in [-0.4, -0.2) is 76.4 Å². The van der Waals surface area contributed by atoms with Crippen LogP contribution in [0.4, 0.5) is 10.5 Å². The smallest absolute Gasteiger partial charge is 0.318 e. The third kappa shape index (κ3) is 2.95. The number of urea groups is 1. The van der Waals surface area contributed by atoms with Crippen LogP contribution in [0.2, 0.25) is 0 Å². The molecule has 7 heterocycles. The lowest BCUT2D eigenvalue weighted by Crippen LogP contribution is -2.67. The molecule has 9 rings (SSSR count). The zero-order valence-corrected chi connectivity index (χ0v) is 21.4. The molecular formula is C28H33N7O2. The molecule has 192 valence electrons. The summed E-state index contributed by atoms with van der Waals surface area (Å²) < 4.78 is 8.31. The number of rotatable bonds is 4. The SMILES string of the molecule is Cc1cc(N2CC[C@](C)(c3ccccc3)C2)cn2nc(C34CC(CO3)C4N3CC4(CNC4)NC3=O)nc12. The third-order valence-electron chi connectivity index (χ3n) is 9.70. The zero-order valence-electron chi connectivity index (χ0n) is 21.4. The van der Waals surface area contributed by atoms with Crippen LogP contribution >= 0.6 is 0 Å². The van der Waals surface area contributed by atoms with Crippen molar-refractivity contribution in [1.29, 1.82) is 0 Å². The maximum absolute atomic E-state index is 13.0. The van der Waals surface area contributed by atoms with Crippen molar-refractivity contribution in [1.82, 2.24) is 30.1 Å². The second-order valence-electron chi connectivity index (χ2n) is 12.2. The molecular weight excluding hydrogens is 466 g/mol. The normalized spacial score (nSPS) is 33.7. The van der Waals surface area contributed by atoms with E-state index in [1.807, 2.05) is 9.42 Å². The molecule has 9 heteroatoms. The number of hydrogen-bond acceptors (Lipinski definition) is 6. The zero-order chi connectivity index (χ0) is 25.0. The van der Waals surface area contributed by atoms with Gasteiger partial charge in [-0.1, -0.05) is 37.3 Å². The monoisotopic (exact) mass is 499 g/mol. The Morgan fingerprint density at radius 3 is 2.73 bits per heavy atom. The Kier molecular flexibility index (Phi) is 4.27. The Bertz CT molecular complexity index is 1410. The van der Waals surface area contributed by atoms with Crippen molar-refractivity contribution in [3.05, 3.63) is 59.5 Å². The van der Waals surface area contributed by atoms with Crippen molar-refractivity contribution in [3.8, 4) is 0 Å². The van der Waals surface area contributed by atoms with Crippen molar-refractivity contribution < 1.29 is 9.53 Å². The van der Waals surface area contributed by atoms with E-state index in [0.717, 1.165) is 56.8 Å². The topological polar surface area (TPSA) is 87.0 Å². The highest BCUT2D eigenvalue weighted by Crippen LogP contribution is 2.57. The molecule has 0 radical (unpaired) electrons. The largest absolute Gasteiger partial charge is 0.369 e. The number of fused-ring (bicyclic) bond motifs is 2. The van der Waals surface area contributed by atoms with Gasteiger partial charge in [0.25, 0.3) is 0 Å². The minimum Gasteiger partial charge on any atom is -0.369 e. The van der Waals surface area contributed by atoms with E-state index in [9.17, 15) is 4.79 Å². The van der Waals surface area contributed by atoms with Gasteiger partial charge < -0.3 is 25.2 Å². The molecule has 1 aromatic carbocycles. The van der Waals surface area contributed by atoms with E-state index in [2.05, 4.69) is 72.0 Å². The molecule has 1 aliphatic carbocycles. The molecule has 2 aromatic heterocycles. The fraction of sp³-hybridized carbons (Fsp3) is 0.536. The van der Waals surface area contributed by atoms with E-state index in [1.54, 1.807) is 0 Å². The van der Waals surface area contributed by atoms with E-state index in [0.29, 0.717) is 18.3 Å². The highest BCUT2D eigenvalue weighted by Gasteiger charge is 2.69. The van der Waals surface area contributed by atoms with Gasteiger partial charge in [-0.3, -0.25) is 0 Å². The lowest BCUT2D eigenvalue weighted by Gasteiger charge is -2.48. The number of hydrogen-bond donors (Lipinski definition) is 2. The average Bonchev–Trinajstić information content (AvgIpc) is 3.67. The highest BCUT2D eigenvalue weighted by atomic mass is 16.5. The first-order chi connectivity index (χ1) is 17.9. The first-order valence-electron chi connectivity index (χ1n) is 13.5. The van der Waals surface area contributed by atoms with Gasteiger partial charge in [-0.2, -0.15) is 0 Å². The minimum atomic E-state index is -0.608. The molecule has 6 fully saturated rings. The standard InChI is InChI=1S/C28H33N7O2/c1-18-10-21(33-9-8-26(2,16-33)20-6-4-3-5-7-20)12-35-23(18)30-24(32-35)28-11-19(13-37-28)22(28)34-17-27(14-29-15-27)31-25(34)36/h3-7,10,12,19,22,29H,8-9,11,13-17H2,1-2H3,(H,31,36)/t19?,22?,26-,28?/m0/s1. The molecule has 9 nitrogen and oxygen atoms in total. The third-order valence-corrected chi connectivity index (χ3v) is 9.70. The predicted octanol–water partition coefficient (Wildman–Crippen LogP) is 2.19. The molecule has 5 aliphatic heterocycles. The number of amides is 2. The van der Waals surface area contributed by atoms with Crippen LogP contribution < -0.4 is 15.5 Å². The summed E-state index contributed by atoms with van der Waals surface area (Å²) in [5, 5.41) is 11.5. The molecule has 2 bridgehead atoms. The van der Waals surface area contributed by atoms with Crippen molar-refractivity contribution in [2.45, 2.75) is 49.3 Å². The fourth-order valence-electron chi connectivity index (χ4n) is 7.52. The van der Waals surface area contributed by atoms with E-state index < -0.39 is 5.60 Å². The van der Waals surface area contributed by atoms with Crippen LogP contribution in [0.15, 0.2) is 42.6 Å². The number of aromatic nitrogens is 3. The number of nitrogens with zero attached hydrogens (tertiary/aromatic N) is 5. The van der Waals surface area contributed by atoms with Crippen LogP contribution in [-0.2, 0) is 15.8 Å². The van der Waals surface area contributed by atoms with Gasteiger partial charge in [0.1, 0.15) is 0 Å². The molecule has 4 atom stereocenters. The number of aryl methyl sites for hydroxylation is 1. The number of ether oxygens (including phenoxy) is 1. The number of carbonyl (C=O) groups excluding carboxylic acids is 1. The van der Waals surface area contributed by atoms with E-state index >= 15 is 0 Å². The summed E-state index contributed by atoms with van der Waals surface area (Å²) in [4.78, 5) is 22.4. The molecule has 5 saturated heterocycles. The number of benzene rings is 1. The fourth-order valence-corrected chi connectivity index (χ4v) is 7.52. The van der Waals surface area contributed by atoms with Gasteiger partial charge >= 0.3 is 6.03 Å². The van der Waals surface area contributed by atoms with E-state index in [-0.39, 0.29) is 23.0 Å². The molecule has 6 aliphatic rings. The van der Waals surface area contributed by atoms with Gasteiger partial charge in [-0.15, -0.1) is 5.10 Å². The molecule has 2 N–H and O–H groups in total. The Hall–Kier alpha value is -3.17. The number of anilines is 1. The molecule has 3 unspecified atom stereocenters. The van der Waals surface area contributed by atoms with Gasteiger partial charge in [0.05, 0.1) is 30.1 Å². The van der Waals surface area contributed by atoms with Gasteiger partial charge in [0, 0.05) is 44.1 Å². The van der Waals surface area contributed by atoms with Crippen molar-refractivity contribution >= 4 is 17.4 Å². The first-order valence-corrected chi connectivity index (χ1v) is 13.5. The van der Waals surface area contributed by atoms with Crippen LogP contribution in [0.3, 0.4) is 0 Å². The molecule has 2 amide bonds. The van der Waals surface area contributed by atoms with Gasteiger partial charge in [-0.25, -0.2) is 14.3 Å². The maximum Gasteiger partial charge on any atom is 0.318 e. The number of carbonyl (C=O) groups is 1. The summed E-state index contributed by atoms with van der Waals surface area (Å²) in [6.45, 7) is 9.49. The highest BCUT2D eigenvalue weighted by molar-refractivity contribution is 5.79. The molecule has 3 aromatic rings. The quantitative estimate of drug-likeness (QED) is 0.572. The van der Waals surface area contributed by atoms with Crippen molar-refractivity contribution in [2.24, 2.45) is 5.92 Å². The van der Waals surface area contributed by atoms with E-state index in [4.69, 9.17) is 14.8 Å². The van der Waals surface area contributed by atoms with Crippen LogP contribution in [0, 0.1) is 12.8 Å². The molecule has 1 spiro atoms. The summed E-state index contributed by atoms with van der Waals surface area (Å²) in [7, 11) is 0. The van der Waals surface area contributed by atoms with Gasteiger partial charge in [0.15, 0.2) is 17.1 Å². The lowest BCUT2D eigenvalue weighted by atomic mass is 9.68. The minimum absolute atomic E-state index is 0.00479. The summed E-state index contributed by atoms with van der Waals surface area (Å²) in [6, 6.07) is 13.1. The summed E-state index contributed by atoms with van der Waals surface area (Å²) in [5.74, 6) is 1.06. The van der Waals surface area contributed by atoms with Crippen LogP contribution in [0.25, 0.3) is 5.65 Å². The average molecular weight is 500 g/mol. The second kappa shape index (κ2) is 7.23. The Labute approximate surface area is 216 Å². The van der Waals surface area contributed by atoms with Gasteiger partial charge in [-0.05, 0) is 37.0 Å². The summed E-state index contributed by atoms with van der Waals surface area (Å²) in [5.41, 5.74) is 3.93. The number of pyridine rings is 1. The van der Waals surface area contributed by atoms with Gasteiger partial charge in [0.2, 0.25) is 0 Å². The first kappa shape index (κ1) is 21.9. The summed E-state index contributed by atoms with van der Waals surface area (Å²) in [6.07, 6.45) is 4.10. The summed E-state index contributed by atoms with van der Waals surface area (Å²) >= 11 is 0. The Morgan fingerprint density at radius 2 is 2.00 bits per heavy atom. The molecule has 1 saturated carbocycles. The maximum atomic E-state index is 13.0. The second-order valence-corrected chi connectivity index (χ2v) is 12.2. The van der Waals surface area contributed by atoms with Crippen LogP contribution in [0.1, 0.15) is 36.7 Å². The predicted molar refractivity (Wildman–Crippen MR) is 139 cm³/mol. The van der Waals surface area contributed by atoms with E-state index in [1.165, 1.54) is 11.3 Å². The van der Waals surface area contributed by atoms with Crippen molar-refractivity contribution in [3.63, 3.8) is 0 Å².